The van der Waals surface area contributed by atoms with Gasteiger partial charge in [0.05, 0.1) is 0 Å². The van der Waals surface area contributed by atoms with Gasteiger partial charge in [0.25, 0.3) is 0 Å². The van der Waals surface area contributed by atoms with E-state index in [0.29, 0.717) is 19.3 Å². The first-order chi connectivity index (χ1) is 36.0. The summed E-state index contributed by atoms with van der Waals surface area (Å²) in [5.74, 6) is -0.894. The number of rotatable bonds is 56. The molecule has 1 atom stereocenters. The Labute approximate surface area is 452 Å². The summed E-state index contributed by atoms with van der Waals surface area (Å²) in [5.41, 5.74) is 0. The Morgan fingerprint density at radius 2 is 0.534 bits per heavy atom. The molecule has 0 spiro atoms. The van der Waals surface area contributed by atoms with Gasteiger partial charge in [-0.2, -0.15) is 0 Å². The monoisotopic (exact) mass is 1020 g/mol. The molecular weight excluding hydrogens is 901 g/mol. The van der Waals surface area contributed by atoms with Gasteiger partial charge in [-0.1, -0.05) is 254 Å². The highest BCUT2D eigenvalue weighted by Crippen LogP contribution is 2.16. The van der Waals surface area contributed by atoms with Gasteiger partial charge in [0.1, 0.15) is 13.2 Å². The average Bonchev–Trinajstić information content (AvgIpc) is 3.39. The van der Waals surface area contributed by atoms with Crippen LogP contribution in [-0.4, -0.2) is 37.2 Å². The lowest BCUT2D eigenvalue weighted by molar-refractivity contribution is -0.167. The topological polar surface area (TPSA) is 78.9 Å². The first kappa shape index (κ1) is 69.6. The van der Waals surface area contributed by atoms with Crippen molar-refractivity contribution in [2.24, 2.45) is 0 Å². The zero-order chi connectivity index (χ0) is 52.9. The lowest BCUT2D eigenvalue weighted by Gasteiger charge is -2.18. The van der Waals surface area contributed by atoms with Crippen molar-refractivity contribution in [1.82, 2.24) is 0 Å². The molecule has 420 valence electrons. The summed E-state index contributed by atoms with van der Waals surface area (Å²) < 4.78 is 16.9. The van der Waals surface area contributed by atoms with Crippen LogP contribution in [-0.2, 0) is 28.6 Å². The van der Waals surface area contributed by atoms with Gasteiger partial charge in [0.2, 0.25) is 0 Å². The van der Waals surface area contributed by atoms with Gasteiger partial charge < -0.3 is 14.2 Å². The Morgan fingerprint density at radius 1 is 0.288 bits per heavy atom. The summed E-state index contributed by atoms with van der Waals surface area (Å²) in [6.07, 6.45) is 80.1. The van der Waals surface area contributed by atoms with Crippen molar-refractivity contribution in [2.45, 2.75) is 309 Å². The van der Waals surface area contributed by atoms with E-state index in [4.69, 9.17) is 14.2 Å². The van der Waals surface area contributed by atoms with Gasteiger partial charge >= 0.3 is 17.9 Å². The minimum absolute atomic E-state index is 0.0826. The molecule has 0 bridgehead atoms. The van der Waals surface area contributed by atoms with Gasteiger partial charge in [-0.3, -0.25) is 14.4 Å². The van der Waals surface area contributed by atoms with Crippen molar-refractivity contribution in [1.29, 1.82) is 0 Å². The Balaban J connectivity index is 4.27. The number of esters is 3. The van der Waals surface area contributed by atoms with Gasteiger partial charge in [-0.15, -0.1) is 0 Å². The lowest BCUT2D eigenvalue weighted by atomic mass is 10.0. The van der Waals surface area contributed by atoms with Crippen molar-refractivity contribution in [3.63, 3.8) is 0 Å². The maximum atomic E-state index is 12.9. The minimum Gasteiger partial charge on any atom is -0.462 e. The number of ether oxygens (including phenoxy) is 3. The summed E-state index contributed by atoms with van der Waals surface area (Å²) in [6, 6.07) is 0. The minimum atomic E-state index is -0.785. The van der Waals surface area contributed by atoms with E-state index >= 15 is 0 Å². The second-order valence-corrected chi connectivity index (χ2v) is 20.6. The Morgan fingerprint density at radius 3 is 0.877 bits per heavy atom. The maximum Gasteiger partial charge on any atom is 0.306 e. The highest BCUT2D eigenvalue weighted by atomic mass is 16.6. The zero-order valence-corrected chi connectivity index (χ0v) is 48.1. The van der Waals surface area contributed by atoms with Crippen LogP contribution < -0.4 is 0 Å². The Kier molecular flexibility index (Phi) is 58.3. The zero-order valence-electron chi connectivity index (χ0n) is 48.1. The fourth-order valence-electron chi connectivity index (χ4n) is 8.69. The molecular formula is C67H116O6. The predicted molar refractivity (Wildman–Crippen MR) is 316 cm³/mol. The molecule has 0 saturated heterocycles. The molecule has 0 aliphatic heterocycles. The Hall–Kier alpha value is -3.41. The molecule has 0 aromatic rings. The smallest absolute Gasteiger partial charge is 0.306 e. The summed E-state index contributed by atoms with van der Waals surface area (Å²) >= 11 is 0. The van der Waals surface area contributed by atoms with Crippen LogP contribution in [0, 0.1) is 0 Å². The SMILES string of the molecule is CC/C=C\C/C=C\C/C=C\C/C=C\C/C=C\CCCCCCCCCCCCCC(=O)OCC(COC(=O)CCCCCCC/C=C\CCCCC)OC(=O)CCCCCCC/C=C\CCCCCCCCC. The second-order valence-electron chi connectivity index (χ2n) is 20.6. The molecule has 0 amide bonds. The average molecular weight is 1020 g/mol. The van der Waals surface area contributed by atoms with Gasteiger partial charge in [-0.05, 0) is 116 Å². The van der Waals surface area contributed by atoms with Gasteiger partial charge in [0.15, 0.2) is 6.10 Å². The molecule has 6 nitrogen and oxygen atoms in total. The van der Waals surface area contributed by atoms with E-state index in [0.717, 1.165) is 109 Å². The van der Waals surface area contributed by atoms with E-state index in [2.05, 4.69) is 106 Å². The summed E-state index contributed by atoms with van der Waals surface area (Å²) in [4.78, 5) is 38.2. The fraction of sp³-hybridized carbons (Fsp3) is 0.746. The van der Waals surface area contributed by atoms with E-state index < -0.39 is 6.10 Å². The van der Waals surface area contributed by atoms with E-state index in [1.54, 1.807) is 0 Å². The van der Waals surface area contributed by atoms with Crippen molar-refractivity contribution < 1.29 is 28.6 Å². The predicted octanol–water partition coefficient (Wildman–Crippen LogP) is 21.1. The van der Waals surface area contributed by atoms with Crippen LogP contribution in [0.1, 0.15) is 303 Å². The molecule has 0 heterocycles. The highest BCUT2D eigenvalue weighted by Gasteiger charge is 2.19. The third-order valence-electron chi connectivity index (χ3n) is 13.4. The quantitative estimate of drug-likeness (QED) is 0.0261. The van der Waals surface area contributed by atoms with Crippen LogP contribution in [0.2, 0.25) is 0 Å². The van der Waals surface area contributed by atoms with E-state index in [9.17, 15) is 14.4 Å². The van der Waals surface area contributed by atoms with E-state index in [1.165, 1.54) is 154 Å². The molecule has 0 saturated carbocycles. The largest absolute Gasteiger partial charge is 0.462 e. The number of allylic oxidation sites excluding steroid dienone is 14. The lowest BCUT2D eigenvalue weighted by Crippen LogP contribution is -2.30. The molecule has 0 radical (unpaired) electrons. The molecule has 0 rings (SSSR count). The maximum absolute atomic E-state index is 12.9. The normalized spacial score (nSPS) is 12.6. The number of carbonyl (C=O) groups excluding carboxylic acids is 3. The van der Waals surface area contributed by atoms with Crippen molar-refractivity contribution >= 4 is 17.9 Å². The van der Waals surface area contributed by atoms with Crippen molar-refractivity contribution in [3.05, 3.63) is 85.1 Å². The molecule has 0 aliphatic rings. The molecule has 0 aromatic heterocycles. The fourth-order valence-corrected chi connectivity index (χ4v) is 8.69. The van der Waals surface area contributed by atoms with Crippen LogP contribution in [0.3, 0.4) is 0 Å². The Bertz CT molecular complexity index is 1400. The van der Waals surface area contributed by atoms with Crippen LogP contribution in [0.15, 0.2) is 85.1 Å². The third kappa shape index (κ3) is 59.3. The van der Waals surface area contributed by atoms with Gasteiger partial charge in [0, 0.05) is 19.3 Å². The summed E-state index contributed by atoms with van der Waals surface area (Å²) in [5, 5.41) is 0. The summed E-state index contributed by atoms with van der Waals surface area (Å²) in [7, 11) is 0. The summed E-state index contributed by atoms with van der Waals surface area (Å²) in [6.45, 7) is 6.51. The number of carbonyl (C=O) groups is 3. The highest BCUT2D eigenvalue weighted by molar-refractivity contribution is 5.71. The standard InChI is InChI=1S/C67H116O6/c1-4-7-10-13-16-19-22-25-27-29-30-31-32-33-34-35-36-37-38-39-41-42-45-48-51-54-57-60-66(69)72-63-64(62-71-65(68)59-56-53-50-47-44-24-21-18-15-12-9-6-3)73-67(70)61-58-55-52-49-46-43-40-28-26-23-20-17-14-11-8-5-2/h7,10,16,18-19,21,25,27-28,30-31,33-34,40,64H,4-6,8-9,11-15,17,20,22-24,26,29,32,35-39,41-63H2,1-3H3/b10-7-,19-16-,21-18-,27-25-,31-30-,34-33-,40-28-. The van der Waals surface area contributed by atoms with E-state index in [-0.39, 0.29) is 31.1 Å². The van der Waals surface area contributed by atoms with E-state index in [1.807, 2.05) is 0 Å². The van der Waals surface area contributed by atoms with Crippen LogP contribution in [0.25, 0.3) is 0 Å². The van der Waals surface area contributed by atoms with Crippen LogP contribution >= 0.6 is 0 Å². The molecule has 1 unspecified atom stereocenters. The van der Waals surface area contributed by atoms with Gasteiger partial charge in [-0.25, -0.2) is 0 Å². The first-order valence-corrected chi connectivity index (χ1v) is 31.1. The number of unbranched alkanes of at least 4 members (excludes halogenated alkanes) is 31. The number of hydrogen-bond donors (Lipinski definition) is 0. The van der Waals surface area contributed by atoms with Crippen LogP contribution in [0.5, 0.6) is 0 Å². The molecule has 6 heteroatoms. The van der Waals surface area contributed by atoms with Crippen molar-refractivity contribution in [3.8, 4) is 0 Å². The second kappa shape index (κ2) is 61.1. The molecule has 0 N–H and O–H groups in total. The van der Waals surface area contributed by atoms with Crippen molar-refractivity contribution in [2.75, 3.05) is 13.2 Å². The third-order valence-corrected chi connectivity index (χ3v) is 13.4. The molecule has 0 aromatic carbocycles. The molecule has 0 aliphatic carbocycles. The molecule has 73 heavy (non-hydrogen) atoms. The first-order valence-electron chi connectivity index (χ1n) is 31.1. The molecule has 0 fully saturated rings. The number of hydrogen-bond acceptors (Lipinski definition) is 6. The van der Waals surface area contributed by atoms with Crippen LogP contribution in [0.4, 0.5) is 0 Å².